The normalized spacial score (nSPS) is 18.5. The van der Waals surface area contributed by atoms with Gasteiger partial charge in [-0.05, 0) is 25.5 Å². The van der Waals surface area contributed by atoms with Crippen LogP contribution in [0.2, 0.25) is 0 Å². The van der Waals surface area contributed by atoms with Crippen LogP contribution < -0.4 is 5.73 Å². The number of allylic oxidation sites excluding steroid dienone is 2. The number of nitro groups is 1. The molecule has 0 radical (unpaired) electrons. The Hall–Kier alpha value is -3.88. The van der Waals surface area contributed by atoms with Gasteiger partial charge in [0.2, 0.25) is 5.88 Å². The number of carbonyl (C=O) groups excluding carboxylic acids is 2. The second-order valence-corrected chi connectivity index (χ2v) is 7.16. The minimum atomic E-state index is -0.872. The quantitative estimate of drug-likeness (QED) is 0.436. The first-order valence-corrected chi connectivity index (χ1v) is 9.86. The molecular weight excluding hydrogens is 404 g/mol. The van der Waals surface area contributed by atoms with Crippen molar-refractivity contribution in [3.8, 4) is 11.3 Å². The standard InChI is InChI=1S/C22H20N2O7/c1-2-29-22(26)20-19(18-14(25)7-4-8-16(18)31-21(20)23)17-10-9-15(30-17)12-5-3-6-13(11-12)24(27)28/h3,5-6,9-11,19H,2,4,7-8,23H2,1H3. The average molecular weight is 424 g/mol. The number of esters is 1. The molecule has 160 valence electrons. The van der Waals surface area contributed by atoms with E-state index in [9.17, 15) is 19.7 Å². The molecule has 0 saturated carbocycles. The second-order valence-electron chi connectivity index (χ2n) is 7.16. The molecular formula is C22H20N2O7. The zero-order chi connectivity index (χ0) is 22.1. The van der Waals surface area contributed by atoms with E-state index in [1.807, 2.05) is 0 Å². The Labute approximate surface area is 177 Å². The number of Topliss-reactive ketones (excluding diaryl/α,β-unsaturated/α-hetero) is 1. The van der Waals surface area contributed by atoms with E-state index in [-0.39, 0.29) is 29.5 Å². The minimum Gasteiger partial charge on any atom is -0.462 e. The van der Waals surface area contributed by atoms with Crippen molar-refractivity contribution in [2.24, 2.45) is 5.73 Å². The number of rotatable bonds is 5. The molecule has 1 aliphatic heterocycles. The van der Waals surface area contributed by atoms with Crippen molar-refractivity contribution in [2.45, 2.75) is 32.1 Å². The van der Waals surface area contributed by atoms with Gasteiger partial charge in [-0.15, -0.1) is 0 Å². The highest BCUT2D eigenvalue weighted by atomic mass is 16.6. The maximum atomic E-state index is 12.8. The molecule has 31 heavy (non-hydrogen) atoms. The zero-order valence-electron chi connectivity index (χ0n) is 16.8. The van der Waals surface area contributed by atoms with Crippen molar-refractivity contribution >= 4 is 17.4 Å². The SMILES string of the molecule is CCOC(=O)C1=C(N)OC2=C(C(=O)CCC2)C1c1ccc(-c2cccc([N+](=O)[O-])c2)o1. The summed E-state index contributed by atoms with van der Waals surface area (Å²) in [5.74, 6) is -0.735. The van der Waals surface area contributed by atoms with E-state index >= 15 is 0 Å². The van der Waals surface area contributed by atoms with E-state index in [1.165, 1.54) is 12.1 Å². The molecule has 2 N–H and O–H groups in total. The van der Waals surface area contributed by atoms with Gasteiger partial charge in [0.25, 0.3) is 5.69 Å². The number of furan rings is 1. The summed E-state index contributed by atoms with van der Waals surface area (Å²) in [6, 6.07) is 9.26. The highest BCUT2D eigenvalue weighted by molar-refractivity contribution is 6.03. The van der Waals surface area contributed by atoms with E-state index < -0.39 is 16.8 Å². The number of nitrogens with two attached hydrogens (primary N) is 1. The third kappa shape index (κ3) is 3.70. The van der Waals surface area contributed by atoms with Crippen LogP contribution in [0, 0.1) is 10.1 Å². The number of nitro benzene ring substituents is 1. The monoisotopic (exact) mass is 424 g/mol. The summed E-state index contributed by atoms with van der Waals surface area (Å²) in [4.78, 5) is 36.0. The molecule has 0 saturated heterocycles. The van der Waals surface area contributed by atoms with Gasteiger partial charge in [-0.1, -0.05) is 12.1 Å². The summed E-state index contributed by atoms with van der Waals surface area (Å²) < 4.78 is 16.8. The summed E-state index contributed by atoms with van der Waals surface area (Å²) >= 11 is 0. The summed E-state index contributed by atoms with van der Waals surface area (Å²) in [6.07, 6.45) is 1.48. The van der Waals surface area contributed by atoms with E-state index in [0.717, 1.165) is 0 Å². The van der Waals surface area contributed by atoms with E-state index in [0.29, 0.717) is 47.7 Å². The number of ether oxygens (including phenoxy) is 2. The molecule has 2 aliphatic rings. The van der Waals surface area contributed by atoms with Crippen LogP contribution in [-0.2, 0) is 19.1 Å². The predicted molar refractivity (Wildman–Crippen MR) is 108 cm³/mol. The van der Waals surface area contributed by atoms with Crippen molar-refractivity contribution in [1.82, 2.24) is 0 Å². The highest BCUT2D eigenvalue weighted by Gasteiger charge is 2.42. The first-order valence-electron chi connectivity index (χ1n) is 9.86. The van der Waals surface area contributed by atoms with Crippen molar-refractivity contribution in [3.63, 3.8) is 0 Å². The molecule has 0 fully saturated rings. The number of nitrogens with zero attached hydrogens (tertiary/aromatic N) is 1. The van der Waals surface area contributed by atoms with Gasteiger partial charge in [0.05, 0.1) is 17.4 Å². The van der Waals surface area contributed by atoms with Crippen molar-refractivity contribution in [1.29, 1.82) is 0 Å². The number of carbonyl (C=O) groups is 2. The van der Waals surface area contributed by atoms with Gasteiger partial charge >= 0.3 is 5.97 Å². The minimum absolute atomic E-state index is 0.00999. The molecule has 1 atom stereocenters. The molecule has 1 unspecified atom stereocenters. The molecule has 0 amide bonds. The Kier molecular flexibility index (Phi) is 5.33. The van der Waals surface area contributed by atoms with Gasteiger partial charge < -0.3 is 19.6 Å². The van der Waals surface area contributed by atoms with Crippen LogP contribution in [0.4, 0.5) is 5.69 Å². The summed E-state index contributed by atoms with van der Waals surface area (Å²) in [5, 5.41) is 11.1. The van der Waals surface area contributed by atoms with Crippen LogP contribution in [-0.4, -0.2) is 23.3 Å². The van der Waals surface area contributed by atoms with Gasteiger partial charge in [-0.2, -0.15) is 0 Å². The molecule has 4 rings (SSSR count). The van der Waals surface area contributed by atoms with Crippen LogP contribution >= 0.6 is 0 Å². The summed E-state index contributed by atoms with van der Waals surface area (Å²) in [7, 11) is 0. The van der Waals surface area contributed by atoms with Crippen LogP contribution in [0.5, 0.6) is 0 Å². The lowest BCUT2D eigenvalue weighted by Gasteiger charge is -2.31. The molecule has 0 bridgehead atoms. The molecule has 2 aromatic rings. The third-order valence-electron chi connectivity index (χ3n) is 5.23. The van der Waals surface area contributed by atoms with E-state index in [1.54, 1.807) is 31.2 Å². The van der Waals surface area contributed by atoms with Gasteiger partial charge in [-0.3, -0.25) is 14.9 Å². The van der Waals surface area contributed by atoms with E-state index in [2.05, 4.69) is 0 Å². The fraction of sp³-hybridized carbons (Fsp3) is 0.273. The molecule has 1 aromatic carbocycles. The molecule has 9 heteroatoms. The van der Waals surface area contributed by atoms with Crippen LogP contribution in [0.15, 0.2) is 63.6 Å². The lowest BCUT2D eigenvalue weighted by atomic mass is 9.79. The first-order chi connectivity index (χ1) is 14.9. The number of non-ortho nitro benzene ring substituents is 1. The van der Waals surface area contributed by atoms with Gasteiger partial charge in [0.1, 0.15) is 22.9 Å². The average Bonchev–Trinajstić information content (AvgIpc) is 3.23. The predicted octanol–water partition coefficient (Wildman–Crippen LogP) is 3.71. The smallest absolute Gasteiger partial charge is 0.340 e. The maximum Gasteiger partial charge on any atom is 0.340 e. The fourth-order valence-corrected chi connectivity index (χ4v) is 3.88. The first kappa shape index (κ1) is 20.4. The Morgan fingerprint density at radius 3 is 2.84 bits per heavy atom. The highest BCUT2D eigenvalue weighted by Crippen LogP contribution is 2.45. The molecule has 0 spiro atoms. The number of hydrogen-bond donors (Lipinski definition) is 1. The van der Waals surface area contributed by atoms with Gasteiger partial charge in [0, 0.05) is 36.1 Å². The zero-order valence-corrected chi connectivity index (χ0v) is 16.8. The third-order valence-corrected chi connectivity index (χ3v) is 5.23. The molecule has 2 heterocycles. The molecule has 9 nitrogen and oxygen atoms in total. The Morgan fingerprint density at radius 2 is 2.10 bits per heavy atom. The molecule has 1 aromatic heterocycles. The topological polar surface area (TPSA) is 135 Å². The van der Waals surface area contributed by atoms with Crippen LogP contribution in [0.1, 0.15) is 37.9 Å². The van der Waals surface area contributed by atoms with Gasteiger partial charge in [-0.25, -0.2) is 4.79 Å². The van der Waals surface area contributed by atoms with E-state index in [4.69, 9.17) is 19.6 Å². The van der Waals surface area contributed by atoms with Crippen molar-refractivity contribution < 1.29 is 28.4 Å². The Morgan fingerprint density at radius 1 is 1.29 bits per heavy atom. The Bertz CT molecular complexity index is 1140. The van der Waals surface area contributed by atoms with Gasteiger partial charge in [0.15, 0.2) is 5.78 Å². The lowest BCUT2D eigenvalue weighted by Crippen LogP contribution is -2.31. The Balaban J connectivity index is 1.81. The lowest BCUT2D eigenvalue weighted by molar-refractivity contribution is -0.384. The second kappa shape index (κ2) is 8.10. The van der Waals surface area contributed by atoms with Crippen LogP contribution in [0.3, 0.4) is 0 Å². The number of hydrogen-bond acceptors (Lipinski definition) is 8. The summed E-state index contributed by atoms with van der Waals surface area (Å²) in [5.41, 5.74) is 6.82. The summed E-state index contributed by atoms with van der Waals surface area (Å²) in [6.45, 7) is 1.79. The maximum absolute atomic E-state index is 12.8. The van der Waals surface area contributed by atoms with Crippen LogP contribution in [0.25, 0.3) is 11.3 Å². The largest absolute Gasteiger partial charge is 0.462 e. The molecule has 1 aliphatic carbocycles. The number of benzene rings is 1. The van der Waals surface area contributed by atoms with Crippen molar-refractivity contribution in [3.05, 3.63) is 75.1 Å². The fourth-order valence-electron chi connectivity index (χ4n) is 3.88. The van der Waals surface area contributed by atoms with Crippen molar-refractivity contribution in [2.75, 3.05) is 6.61 Å². The number of ketones is 1.